The van der Waals surface area contributed by atoms with Crippen LogP contribution in [0.4, 0.5) is 0 Å². The predicted molar refractivity (Wildman–Crippen MR) is 119 cm³/mol. The molecule has 1 saturated heterocycles. The summed E-state index contributed by atoms with van der Waals surface area (Å²) in [6, 6.07) is 25.1. The molecule has 0 N–H and O–H groups in total. The van der Waals surface area contributed by atoms with Crippen molar-refractivity contribution in [2.45, 2.75) is 36.6 Å². The van der Waals surface area contributed by atoms with Crippen molar-refractivity contribution in [2.24, 2.45) is 0 Å². The predicted octanol–water partition coefficient (Wildman–Crippen LogP) is 5.31. The first-order valence-electron chi connectivity index (χ1n) is 10.3. The Bertz CT molecular complexity index is 1080. The van der Waals surface area contributed by atoms with E-state index in [1.807, 2.05) is 61.5 Å². The van der Waals surface area contributed by atoms with Crippen molar-refractivity contribution in [3.63, 3.8) is 0 Å². The summed E-state index contributed by atoms with van der Waals surface area (Å²) < 4.78 is 34.1. The maximum absolute atomic E-state index is 13.5. The molecule has 5 heteroatoms. The molecule has 3 aromatic rings. The van der Waals surface area contributed by atoms with E-state index >= 15 is 0 Å². The van der Waals surface area contributed by atoms with Gasteiger partial charge >= 0.3 is 0 Å². The molecule has 0 spiro atoms. The normalized spacial score (nSPS) is 20.1. The van der Waals surface area contributed by atoms with Gasteiger partial charge in [0, 0.05) is 6.54 Å². The minimum Gasteiger partial charge on any atom is -0.497 e. The number of hydrogen-bond acceptors (Lipinski definition) is 3. The number of piperidine rings is 1. The Morgan fingerprint density at radius 1 is 0.867 bits per heavy atom. The van der Waals surface area contributed by atoms with E-state index in [4.69, 9.17) is 4.74 Å². The molecular weight excluding hydrogens is 394 g/mol. The zero-order chi connectivity index (χ0) is 21.1. The second-order valence-corrected chi connectivity index (χ2v) is 9.74. The average molecular weight is 422 g/mol. The number of methoxy groups -OCH3 is 1. The van der Waals surface area contributed by atoms with Gasteiger partial charge in [-0.25, -0.2) is 8.42 Å². The Labute approximate surface area is 179 Å². The lowest BCUT2D eigenvalue weighted by molar-refractivity contribution is 0.234. The molecule has 3 aromatic carbocycles. The number of sulfonamides is 1. The number of aryl methyl sites for hydroxylation is 1. The SMILES string of the molecule is COc1ccc([C@H]2C[C@H](c3ccccc3)CCN2S(=O)(=O)c2ccc(C)cc2)cc1. The first-order valence-corrected chi connectivity index (χ1v) is 11.7. The van der Waals surface area contributed by atoms with E-state index < -0.39 is 10.0 Å². The second kappa shape index (κ2) is 8.62. The molecule has 0 bridgehead atoms. The Morgan fingerprint density at radius 3 is 2.17 bits per heavy atom. The highest BCUT2D eigenvalue weighted by molar-refractivity contribution is 7.89. The summed E-state index contributed by atoms with van der Waals surface area (Å²) in [5.41, 5.74) is 3.30. The molecule has 4 rings (SSSR count). The van der Waals surface area contributed by atoms with Crippen molar-refractivity contribution >= 4 is 10.0 Å². The Balaban J connectivity index is 1.71. The fourth-order valence-corrected chi connectivity index (χ4v) is 5.87. The molecule has 1 aliphatic heterocycles. The summed E-state index contributed by atoms with van der Waals surface area (Å²) in [4.78, 5) is 0.352. The molecule has 0 amide bonds. The van der Waals surface area contributed by atoms with Gasteiger partial charge in [-0.05, 0) is 61.1 Å². The number of rotatable bonds is 5. The van der Waals surface area contributed by atoms with Gasteiger partial charge in [0.2, 0.25) is 10.0 Å². The van der Waals surface area contributed by atoms with Gasteiger partial charge in [-0.1, -0.05) is 60.2 Å². The number of benzene rings is 3. The van der Waals surface area contributed by atoms with Gasteiger partial charge in [0.25, 0.3) is 0 Å². The van der Waals surface area contributed by atoms with E-state index in [9.17, 15) is 8.42 Å². The summed E-state index contributed by atoms with van der Waals surface area (Å²) in [5, 5.41) is 0. The van der Waals surface area contributed by atoms with E-state index in [1.165, 1.54) is 5.56 Å². The zero-order valence-electron chi connectivity index (χ0n) is 17.4. The first-order chi connectivity index (χ1) is 14.5. The summed E-state index contributed by atoms with van der Waals surface area (Å²) in [7, 11) is -1.96. The quantitative estimate of drug-likeness (QED) is 0.561. The van der Waals surface area contributed by atoms with Crippen LogP contribution in [0.1, 0.15) is 41.5 Å². The van der Waals surface area contributed by atoms with Crippen LogP contribution in [-0.2, 0) is 10.0 Å². The summed E-state index contributed by atoms with van der Waals surface area (Å²) in [5.74, 6) is 1.09. The van der Waals surface area contributed by atoms with Crippen LogP contribution in [0.3, 0.4) is 0 Å². The topological polar surface area (TPSA) is 46.6 Å². The monoisotopic (exact) mass is 421 g/mol. The molecule has 0 saturated carbocycles. The largest absolute Gasteiger partial charge is 0.497 e. The lowest BCUT2D eigenvalue weighted by atomic mass is 9.84. The molecule has 4 nitrogen and oxygen atoms in total. The van der Waals surface area contributed by atoms with Gasteiger partial charge < -0.3 is 4.74 Å². The molecule has 0 unspecified atom stereocenters. The smallest absolute Gasteiger partial charge is 0.243 e. The van der Waals surface area contributed by atoms with Crippen LogP contribution in [0.5, 0.6) is 5.75 Å². The van der Waals surface area contributed by atoms with Crippen LogP contribution in [0.25, 0.3) is 0 Å². The maximum atomic E-state index is 13.5. The molecule has 156 valence electrons. The van der Waals surface area contributed by atoms with Crippen LogP contribution in [0, 0.1) is 6.92 Å². The van der Waals surface area contributed by atoms with E-state index in [2.05, 4.69) is 12.1 Å². The number of hydrogen-bond donors (Lipinski definition) is 0. The molecule has 0 aliphatic carbocycles. The van der Waals surface area contributed by atoms with Crippen molar-refractivity contribution in [2.75, 3.05) is 13.7 Å². The van der Waals surface area contributed by atoms with E-state index in [0.717, 1.165) is 29.7 Å². The van der Waals surface area contributed by atoms with Crippen LogP contribution in [-0.4, -0.2) is 26.4 Å². The molecule has 1 fully saturated rings. The standard InChI is InChI=1S/C25H27NO3S/c1-19-8-14-24(15-9-19)30(27,28)26-17-16-22(20-6-4-3-5-7-20)18-25(26)21-10-12-23(29-2)13-11-21/h3-15,22,25H,16-18H2,1-2H3/t22-,25-/m1/s1. The summed E-state index contributed by atoms with van der Waals surface area (Å²) in [6.45, 7) is 2.45. The number of ether oxygens (including phenoxy) is 1. The van der Waals surface area contributed by atoms with Crippen LogP contribution in [0.15, 0.2) is 83.8 Å². The third-order valence-electron chi connectivity index (χ3n) is 5.95. The van der Waals surface area contributed by atoms with E-state index in [-0.39, 0.29) is 6.04 Å². The Hall–Kier alpha value is -2.63. The molecular formula is C25H27NO3S. The second-order valence-electron chi connectivity index (χ2n) is 7.85. The van der Waals surface area contributed by atoms with Crippen LogP contribution >= 0.6 is 0 Å². The van der Waals surface area contributed by atoms with Gasteiger partial charge in [-0.15, -0.1) is 0 Å². The molecule has 2 atom stereocenters. The number of nitrogens with zero attached hydrogens (tertiary/aromatic N) is 1. The molecule has 0 aromatic heterocycles. The van der Waals surface area contributed by atoms with Crippen molar-refractivity contribution in [3.8, 4) is 5.75 Å². The van der Waals surface area contributed by atoms with E-state index in [1.54, 1.807) is 23.5 Å². The van der Waals surface area contributed by atoms with Crippen LogP contribution < -0.4 is 4.74 Å². The highest BCUT2D eigenvalue weighted by Crippen LogP contribution is 2.42. The van der Waals surface area contributed by atoms with E-state index in [0.29, 0.717) is 17.4 Å². The minimum atomic E-state index is -3.60. The maximum Gasteiger partial charge on any atom is 0.243 e. The molecule has 1 aliphatic rings. The van der Waals surface area contributed by atoms with Gasteiger partial charge in [-0.2, -0.15) is 4.31 Å². The van der Waals surface area contributed by atoms with Crippen molar-refractivity contribution < 1.29 is 13.2 Å². The lowest BCUT2D eigenvalue weighted by Crippen LogP contribution is -2.40. The van der Waals surface area contributed by atoms with Gasteiger partial charge in [0.1, 0.15) is 5.75 Å². The fourth-order valence-electron chi connectivity index (χ4n) is 4.23. The first kappa shape index (κ1) is 20.6. The highest BCUT2D eigenvalue weighted by atomic mass is 32.2. The summed E-state index contributed by atoms with van der Waals surface area (Å²) in [6.07, 6.45) is 1.56. The molecule has 0 radical (unpaired) electrons. The summed E-state index contributed by atoms with van der Waals surface area (Å²) >= 11 is 0. The van der Waals surface area contributed by atoms with Crippen molar-refractivity contribution in [1.82, 2.24) is 4.31 Å². The van der Waals surface area contributed by atoms with Gasteiger partial charge in [0.15, 0.2) is 0 Å². The molecule has 1 heterocycles. The fraction of sp³-hybridized carbons (Fsp3) is 0.280. The Morgan fingerprint density at radius 2 is 1.53 bits per heavy atom. The minimum absolute atomic E-state index is 0.221. The Kier molecular flexibility index (Phi) is 5.93. The molecule has 30 heavy (non-hydrogen) atoms. The third-order valence-corrected chi connectivity index (χ3v) is 7.87. The van der Waals surface area contributed by atoms with Gasteiger partial charge in [0.05, 0.1) is 18.0 Å². The third kappa shape index (κ3) is 4.13. The van der Waals surface area contributed by atoms with Crippen molar-refractivity contribution in [3.05, 3.63) is 95.6 Å². The average Bonchev–Trinajstić information content (AvgIpc) is 2.79. The van der Waals surface area contributed by atoms with Gasteiger partial charge in [-0.3, -0.25) is 0 Å². The highest BCUT2D eigenvalue weighted by Gasteiger charge is 2.38. The van der Waals surface area contributed by atoms with Crippen molar-refractivity contribution in [1.29, 1.82) is 0 Å². The zero-order valence-corrected chi connectivity index (χ0v) is 18.2. The van der Waals surface area contributed by atoms with Crippen LogP contribution in [0.2, 0.25) is 0 Å². The lowest BCUT2D eigenvalue weighted by Gasteiger charge is -2.39.